The number of piperidine rings is 1. The lowest BCUT2D eigenvalue weighted by Gasteiger charge is -2.37. The molecule has 1 saturated carbocycles. The molecule has 28 heavy (non-hydrogen) atoms. The molecule has 1 amide bonds. The molecule has 5 rings (SSSR count). The maximum Gasteiger partial charge on any atom is 0.225 e. The zero-order valence-electron chi connectivity index (χ0n) is 16.3. The van der Waals surface area contributed by atoms with E-state index < -0.39 is 0 Å². The maximum atomic E-state index is 12.3. The van der Waals surface area contributed by atoms with Crippen molar-refractivity contribution in [2.24, 2.45) is 11.8 Å². The fourth-order valence-electron chi connectivity index (χ4n) is 5.04. The summed E-state index contributed by atoms with van der Waals surface area (Å²) in [5, 5.41) is 11.9. The van der Waals surface area contributed by atoms with Gasteiger partial charge in [-0.15, -0.1) is 0 Å². The first kappa shape index (κ1) is 18.1. The van der Waals surface area contributed by atoms with E-state index in [0.717, 1.165) is 63.8 Å². The number of aromatic nitrogens is 1. The minimum Gasteiger partial charge on any atom is -0.391 e. The fraction of sp³-hybridized carbons (Fsp3) is 0.565. The molecule has 0 unspecified atom stereocenters. The van der Waals surface area contributed by atoms with Gasteiger partial charge in [0.15, 0.2) is 0 Å². The number of pyridine rings is 1. The molecule has 0 bridgehead atoms. The van der Waals surface area contributed by atoms with E-state index in [0.29, 0.717) is 17.9 Å². The van der Waals surface area contributed by atoms with Crippen molar-refractivity contribution in [3.63, 3.8) is 0 Å². The largest absolute Gasteiger partial charge is 0.391 e. The summed E-state index contributed by atoms with van der Waals surface area (Å²) in [5.74, 6) is 0.962. The van der Waals surface area contributed by atoms with E-state index in [1.165, 1.54) is 10.9 Å². The summed E-state index contributed by atoms with van der Waals surface area (Å²) in [6, 6.07) is 10.8. The normalized spacial score (nSPS) is 26.8. The van der Waals surface area contributed by atoms with Crippen LogP contribution < -0.4 is 0 Å². The van der Waals surface area contributed by atoms with Gasteiger partial charge in [-0.2, -0.15) is 0 Å². The summed E-state index contributed by atoms with van der Waals surface area (Å²) >= 11 is 0. The maximum absolute atomic E-state index is 12.3. The highest BCUT2D eigenvalue weighted by atomic mass is 16.3. The molecule has 3 aliphatic rings. The first-order valence-electron chi connectivity index (χ1n) is 10.7. The molecule has 3 heterocycles. The van der Waals surface area contributed by atoms with Gasteiger partial charge in [-0.05, 0) is 49.8 Å². The molecule has 2 saturated heterocycles. The van der Waals surface area contributed by atoms with Crippen molar-refractivity contribution < 1.29 is 9.90 Å². The predicted molar refractivity (Wildman–Crippen MR) is 109 cm³/mol. The topological polar surface area (TPSA) is 56.7 Å². The molecule has 3 fully saturated rings. The minimum absolute atomic E-state index is 0.261. The van der Waals surface area contributed by atoms with Crippen molar-refractivity contribution >= 4 is 16.8 Å². The van der Waals surface area contributed by atoms with Crippen LogP contribution in [0, 0.1) is 11.8 Å². The average Bonchev–Trinajstić information content (AvgIpc) is 3.52. The van der Waals surface area contributed by atoms with Crippen LogP contribution >= 0.6 is 0 Å². The van der Waals surface area contributed by atoms with E-state index in [-0.39, 0.29) is 12.0 Å². The molecule has 2 aliphatic heterocycles. The van der Waals surface area contributed by atoms with Gasteiger partial charge < -0.3 is 10.0 Å². The third-order valence-electron chi connectivity index (χ3n) is 6.88. The lowest BCUT2D eigenvalue weighted by molar-refractivity contribution is -0.134. The number of para-hydroxylation sites is 1. The average molecular weight is 380 g/mol. The summed E-state index contributed by atoms with van der Waals surface area (Å²) in [6.07, 6.45) is 6.73. The number of hydrogen-bond donors (Lipinski definition) is 1. The number of fused-ring (bicyclic) bond motifs is 1. The molecule has 2 aromatic rings. The van der Waals surface area contributed by atoms with Gasteiger partial charge in [-0.1, -0.05) is 18.2 Å². The predicted octanol–water partition coefficient (Wildman–Crippen LogP) is 2.47. The Morgan fingerprint density at radius 3 is 2.64 bits per heavy atom. The Kier molecular flexibility index (Phi) is 4.81. The molecule has 1 aromatic heterocycles. The second-order valence-corrected chi connectivity index (χ2v) is 8.80. The van der Waals surface area contributed by atoms with Crippen LogP contribution in [0.25, 0.3) is 10.9 Å². The second kappa shape index (κ2) is 7.45. The van der Waals surface area contributed by atoms with Crippen LogP contribution in [0.15, 0.2) is 36.5 Å². The zero-order chi connectivity index (χ0) is 19.1. The van der Waals surface area contributed by atoms with E-state index in [1.54, 1.807) is 0 Å². The van der Waals surface area contributed by atoms with Crippen molar-refractivity contribution in [2.45, 2.75) is 44.2 Å². The van der Waals surface area contributed by atoms with Gasteiger partial charge in [0, 0.05) is 55.6 Å². The summed E-state index contributed by atoms with van der Waals surface area (Å²) < 4.78 is 0. The molecule has 1 aromatic carbocycles. The molecule has 1 N–H and O–H groups in total. The number of β-amino-alcohol motifs (C(OH)–C–C–N with tert-alkyl or cyclic N) is 1. The van der Waals surface area contributed by atoms with Crippen LogP contribution in [0.2, 0.25) is 0 Å². The lowest BCUT2D eigenvalue weighted by atomic mass is 9.94. The van der Waals surface area contributed by atoms with Gasteiger partial charge in [-0.3, -0.25) is 14.7 Å². The van der Waals surface area contributed by atoms with E-state index in [2.05, 4.69) is 33.0 Å². The highest BCUT2D eigenvalue weighted by Gasteiger charge is 2.39. The Bertz CT molecular complexity index is 853. The lowest BCUT2D eigenvalue weighted by Crippen LogP contribution is -2.46. The Morgan fingerprint density at radius 2 is 1.86 bits per heavy atom. The molecule has 2 atom stereocenters. The van der Waals surface area contributed by atoms with Crippen molar-refractivity contribution in [1.29, 1.82) is 0 Å². The minimum atomic E-state index is -0.280. The van der Waals surface area contributed by atoms with Gasteiger partial charge in [-0.25, -0.2) is 0 Å². The summed E-state index contributed by atoms with van der Waals surface area (Å²) in [5.41, 5.74) is 2.30. The quantitative estimate of drug-likeness (QED) is 0.887. The monoisotopic (exact) mass is 379 g/mol. The smallest absolute Gasteiger partial charge is 0.225 e. The Labute approximate surface area is 166 Å². The molecule has 1 aliphatic carbocycles. The van der Waals surface area contributed by atoms with Gasteiger partial charge in [0.05, 0.1) is 11.6 Å². The van der Waals surface area contributed by atoms with Crippen LogP contribution in [0.4, 0.5) is 0 Å². The number of benzene rings is 1. The van der Waals surface area contributed by atoms with Gasteiger partial charge in [0.2, 0.25) is 5.91 Å². The standard InChI is InChI=1S/C23H29N3O2/c27-22-15-26(19-8-11-25(12-9-19)23(28)16-5-6-16)14-18(22)13-17-7-10-24-21-4-2-1-3-20(17)21/h1-4,7,10,16,18-19,22,27H,5-6,8-9,11-15H2/t18-,22-/m1/s1. The first-order valence-corrected chi connectivity index (χ1v) is 10.7. The summed E-state index contributed by atoms with van der Waals surface area (Å²) in [4.78, 5) is 21.3. The van der Waals surface area contributed by atoms with E-state index in [1.807, 2.05) is 18.3 Å². The molecular formula is C23H29N3O2. The van der Waals surface area contributed by atoms with Crippen molar-refractivity contribution in [3.8, 4) is 0 Å². The van der Waals surface area contributed by atoms with Gasteiger partial charge in [0.25, 0.3) is 0 Å². The summed E-state index contributed by atoms with van der Waals surface area (Å²) in [7, 11) is 0. The number of aliphatic hydroxyl groups is 1. The number of nitrogens with zero attached hydrogens (tertiary/aromatic N) is 3. The molecule has 5 nitrogen and oxygen atoms in total. The third kappa shape index (κ3) is 3.53. The molecule has 0 spiro atoms. The van der Waals surface area contributed by atoms with Crippen molar-refractivity contribution in [1.82, 2.24) is 14.8 Å². The highest BCUT2D eigenvalue weighted by molar-refractivity contribution is 5.82. The van der Waals surface area contributed by atoms with Gasteiger partial charge in [0.1, 0.15) is 0 Å². The Balaban J connectivity index is 1.21. The number of likely N-dealkylation sites (tertiary alicyclic amines) is 2. The molecule has 0 radical (unpaired) electrons. The number of carbonyl (C=O) groups is 1. The SMILES string of the molecule is O=C(C1CC1)N1CCC(N2C[C@@H](Cc3ccnc4ccccc34)[C@H](O)C2)CC1. The molecule has 5 heteroatoms. The van der Waals surface area contributed by atoms with E-state index in [4.69, 9.17) is 0 Å². The Morgan fingerprint density at radius 1 is 1.07 bits per heavy atom. The number of carbonyl (C=O) groups excluding carboxylic acids is 1. The van der Waals surface area contributed by atoms with Crippen LogP contribution in [0.5, 0.6) is 0 Å². The number of amides is 1. The zero-order valence-corrected chi connectivity index (χ0v) is 16.3. The number of hydrogen-bond acceptors (Lipinski definition) is 4. The highest BCUT2D eigenvalue weighted by Crippen LogP contribution is 2.33. The third-order valence-corrected chi connectivity index (χ3v) is 6.88. The number of rotatable bonds is 4. The van der Waals surface area contributed by atoms with Crippen LogP contribution in [0.1, 0.15) is 31.2 Å². The van der Waals surface area contributed by atoms with Crippen LogP contribution in [-0.2, 0) is 11.2 Å². The van der Waals surface area contributed by atoms with Gasteiger partial charge >= 0.3 is 0 Å². The number of aliphatic hydroxyl groups excluding tert-OH is 1. The molecule has 148 valence electrons. The second-order valence-electron chi connectivity index (χ2n) is 8.80. The first-order chi connectivity index (χ1) is 13.7. The Hall–Kier alpha value is -1.98. The summed E-state index contributed by atoms with van der Waals surface area (Å²) in [6.45, 7) is 3.46. The van der Waals surface area contributed by atoms with Crippen LogP contribution in [-0.4, -0.2) is 64.1 Å². The van der Waals surface area contributed by atoms with E-state index in [9.17, 15) is 9.90 Å². The fourth-order valence-corrected chi connectivity index (χ4v) is 5.04. The van der Waals surface area contributed by atoms with Crippen LogP contribution in [0.3, 0.4) is 0 Å². The van der Waals surface area contributed by atoms with E-state index >= 15 is 0 Å². The molecular weight excluding hydrogens is 350 g/mol. The van der Waals surface area contributed by atoms with Crippen molar-refractivity contribution in [2.75, 3.05) is 26.2 Å². The van der Waals surface area contributed by atoms with Crippen molar-refractivity contribution in [3.05, 3.63) is 42.1 Å².